The molecule has 2 atom stereocenters. The predicted molar refractivity (Wildman–Crippen MR) is 177 cm³/mol. The minimum absolute atomic E-state index is 0.202. The van der Waals surface area contributed by atoms with E-state index in [0.29, 0.717) is 35.6 Å². The van der Waals surface area contributed by atoms with E-state index in [4.69, 9.17) is 14.2 Å². The van der Waals surface area contributed by atoms with Crippen LogP contribution in [0.1, 0.15) is 33.6 Å². The number of benzene rings is 5. The molecule has 8 nitrogen and oxygen atoms in total. The smallest absolute Gasteiger partial charge is 0.343 e. The number of imide groups is 1. The highest BCUT2D eigenvalue weighted by atomic mass is 16.5. The number of ether oxygens (including phenoxy) is 3. The molecule has 5 aromatic rings. The zero-order chi connectivity index (χ0) is 32.5. The van der Waals surface area contributed by atoms with Crippen molar-refractivity contribution in [2.24, 2.45) is 11.8 Å². The number of methoxy groups -OCH3 is 1. The first-order valence-corrected chi connectivity index (χ1v) is 15.2. The highest BCUT2D eigenvalue weighted by Crippen LogP contribution is 2.37. The highest BCUT2D eigenvalue weighted by molar-refractivity contribution is 6.22. The van der Waals surface area contributed by atoms with Gasteiger partial charge in [0.1, 0.15) is 17.2 Å². The fourth-order valence-corrected chi connectivity index (χ4v) is 6.05. The molecule has 7 rings (SSSR count). The Labute approximate surface area is 270 Å². The summed E-state index contributed by atoms with van der Waals surface area (Å²) in [4.78, 5) is 52.8. The van der Waals surface area contributed by atoms with Gasteiger partial charge in [-0.3, -0.25) is 14.5 Å². The molecule has 0 radical (unpaired) electrons. The summed E-state index contributed by atoms with van der Waals surface area (Å²) in [6, 6.07) is 31.5. The van der Waals surface area contributed by atoms with E-state index in [-0.39, 0.29) is 29.2 Å². The van der Waals surface area contributed by atoms with E-state index in [1.54, 1.807) is 79.9 Å². The van der Waals surface area contributed by atoms with Crippen molar-refractivity contribution in [1.29, 1.82) is 0 Å². The van der Waals surface area contributed by atoms with Gasteiger partial charge in [0.25, 0.3) is 0 Å². The van der Waals surface area contributed by atoms with Crippen LogP contribution in [-0.2, 0) is 9.59 Å². The number of nitrogens with zero attached hydrogens (tertiary/aromatic N) is 1. The number of carbonyl (C=O) groups is 4. The zero-order valence-electron chi connectivity index (χ0n) is 25.4. The normalized spacial score (nSPS) is 17.0. The molecular formula is C39H29NO7. The number of allylic oxidation sites excluding steroid dienone is 2. The van der Waals surface area contributed by atoms with Crippen LogP contribution < -0.4 is 19.1 Å². The number of carbonyl (C=O) groups excluding carboxylic acids is 4. The predicted octanol–water partition coefficient (Wildman–Crippen LogP) is 7.41. The summed E-state index contributed by atoms with van der Waals surface area (Å²) in [6.07, 6.45) is 5.02. The first-order valence-electron chi connectivity index (χ1n) is 15.2. The highest BCUT2D eigenvalue weighted by Gasteiger charge is 2.47. The van der Waals surface area contributed by atoms with Gasteiger partial charge in [0.15, 0.2) is 0 Å². The minimum atomic E-state index is -0.578. The van der Waals surface area contributed by atoms with Crippen LogP contribution in [0.5, 0.6) is 17.2 Å². The molecule has 0 spiro atoms. The number of anilines is 1. The molecule has 1 fully saturated rings. The standard InChI is InChI=1S/C39H29NO7/c1-45-31-17-10-24(11-18-31)25-12-19-32(20-13-25)46-39(44)29-7-6-28-23-33(21-14-27(28)22-29)47-38(43)26-8-15-30(16-9-26)40-36(41)34-4-2-3-5-35(34)37(40)42/h2-3,6-23,34-35H,4-5H2,1H3. The molecule has 5 aromatic carbocycles. The molecule has 1 aliphatic carbocycles. The second-order valence-electron chi connectivity index (χ2n) is 11.5. The van der Waals surface area contributed by atoms with Crippen molar-refractivity contribution in [2.45, 2.75) is 12.8 Å². The third-order valence-corrected chi connectivity index (χ3v) is 8.61. The maximum Gasteiger partial charge on any atom is 0.343 e. The van der Waals surface area contributed by atoms with Crippen LogP contribution in [0, 0.1) is 11.8 Å². The quantitative estimate of drug-likeness (QED) is 0.0806. The third-order valence-electron chi connectivity index (χ3n) is 8.61. The Morgan fingerprint density at radius 1 is 0.574 bits per heavy atom. The molecular weight excluding hydrogens is 594 g/mol. The van der Waals surface area contributed by atoms with Gasteiger partial charge in [-0.05, 0) is 108 Å². The Morgan fingerprint density at radius 2 is 1.06 bits per heavy atom. The summed E-state index contributed by atoms with van der Waals surface area (Å²) in [5.41, 5.74) is 3.10. The summed E-state index contributed by atoms with van der Waals surface area (Å²) in [6.45, 7) is 0. The van der Waals surface area contributed by atoms with Crippen molar-refractivity contribution in [3.63, 3.8) is 0 Å². The number of fused-ring (bicyclic) bond motifs is 2. The van der Waals surface area contributed by atoms with E-state index < -0.39 is 11.9 Å². The molecule has 47 heavy (non-hydrogen) atoms. The summed E-state index contributed by atoms with van der Waals surface area (Å²) >= 11 is 0. The van der Waals surface area contributed by atoms with Crippen molar-refractivity contribution in [2.75, 3.05) is 12.0 Å². The number of esters is 2. The fourth-order valence-electron chi connectivity index (χ4n) is 6.05. The summed E-state index contributed by atoms with van der Waals surface area (Å²) in [5.74, 6) is -0.579. The topological polar surface area (TPSA) is 99.2 Å². The summed E-state index contributed by atoms with van der Waals surface area (Å²) < 4.78 is 16.4. The summed E-state index contributed by atoms with van der Waals surface area (Å²) in [7, 11) is 1.62. The van der Waals surface area contributed by atoms with Crippen molar-refractivity contribution >= 4 is 40.2 Å². The lowest BCUT2D eigenvalue weighted by Gasteiger charge is -2.15. The molecule has 1 saturated heterocycles. The van der Waals surface area contributed by atoms with E-state index in [2.05, 4.69) is 0 Å². The van der Waals surface area contributed by atoms with Crippen LogP contribution in [0.15, 0.2) is 121 Å². The molecule has 8 heteroatoms. The Bertz CT molecular complexity index is 2020. The Balaban J connectivity index is 0.987. The van der Waals surface area contributed by atoms with E-state index in [9.17, 15) is 19.2 Å². The van der Waals surface area contributed by atoms with E-state index in [1.165, 1.54) is 4.90 Å². The third kappa shape index (κ3) is 5.89. The Morgan fingerprint density at radius 3 is 1.68 bits per heavy atom. The van der Waals surface area contributed by atoms with Crippen molar-refractivity contribution in [3.05, 3.63) is 132 Å². The van der Waals surface area contributed by atoms with Crippen LogP contribution in [0.3, 0.4) is 0 Å². The fraction of sp³-hybridized carbons (Fsp3) is 0.128. The molecule has 2 unspecified atom stereocenters. The SMILES string of the molecule is COc1ccc(-c2ccc(OC(=O)c3ccc4cc(OC(=O)c5ccc(N6C(=O)C7CC=CCC7C6=O)cc5)ccc4c3)cc2)cc1. The maximum absolute atomic E-state index is 12.9. The Hall–Kier alpha value is -6.02. The second-order valence-corrected chi connectivity index (χ2v) is 11.5. The number of rotatable bonds is 7. The first-order chi connectivity index (χ1) is 22.9. The molecule has 2 amide bonds. The number of hydrogen-bond acceptors (Lipinski definition) is 7. The van der Waals surface area contributed by atoms with Gasteiger partial charge in [0, 0.05) is 0 Å². The molecule has 0 bridgehead atoms. The van der Waals surface area contributed by atoms with Gasteiger partial charge < -0.3 is 14.2 Å². The van der Waals surface area contributed by atoms with Gasteiger partial charge in [-0.25, -0.2) is 9.59 Å². The Kier molecular flexibility index (Phi) is 7.83. The lowest BCUT2D eigenvalue weighted by atomic mass is 9.85. The van der Waals surface area contributed by atoms with Crippen LogP contribution in [0.25, 0.3) is 21.9 Å². The molecule has 1 heterocycles. The van der Waals surface area contributed by atoms with Gasteiger partial charge in [-0.15, -0.1) is 0 Å². The van der Waals surface area contributed by atoms with Crippen LogP contribution in [0.2, 0.25) is 0 Å². The maximum atomic E-state index is 12.9. The van der Waals surface area contributed by atoms with Crippen LogP contribution in [0.4, 0.5) is 5.69 Å². The van der Waals surface area contributed by atoms with Gasteiger partial charge in [0.2, 0.25) is 11.8 Å². The van der Waals surface area contributed by atoms with E-state index in [1.807, 2.05) is 48.6 Å². The molecule has 0 N–H and O–H groups in total. The van der Waals surface area contributed by atoms with Crippen molar-refractivity contribution < 1.29 is 33.4 Å². The molecule has 0 saturated carbocycles. The van der Waals surface area contributed by atoms with Crippen molar-refractivity contribution in [1.82, 2.24) is 0 Å². The number of hydrogen-bond donors (Lipinski definition) is 0. The molecule has 1 aliphatic heterocycles. The monoisotopic (exact) mass is 623 g/mol. The van der Waals surface area contributed by atoms with Gasteiger partial charge in [-0.1, -0.05) is 48.6 Å². The molecule has 2 aliphatic rings. The van der Waals surface area contributed by atoms with E-state index >= 15 is 0 Å². The van der Waals surface area contributed by atoms with E-state index in [0.717, 1.165) is 27.6 Å². The van der Waals surface area contributed by atoms with Crippen LogP contribution >= 0.6 is 0 Å². The number of amides is 2. The summed E-state index contributed by atoms with van der Waals surface area (Å²) in [5, 5.41) is 1.54. The van der Waals surface area contributed by atoms with Gasteiger partial charge in [0.05, 0.1) is 35.8 Å². The molecule has 0 aromatic heterocycles. The average molecular weight is 624 g/mol. The van der Waals surface area contributed by atoms with Crippen molar-refractivity contribution in [3.8, 4) is 28.4 Å². The van der Waals surface area contributed by atoms with Crippen LogP contribution in [-0.4, -0.2) is 30.9 Å². The molecule has 232 valence electrons. The zero-order valence-corrected chi connectivity index (χ0v) is 25.4. The lowest BCUT2D eigenvalue weighted by molar-refractivity contribution is -0.122. The van der Waals surface area contributed by atoms with Gasteiger partial charge >= 0.3 is 11.9 Å². The minimum Gasteiger partial charge on any atom is -0.497 e. The second kappa shape index (κ2) is 12.4. The average Bonchev–Trinajstić information content (AvgIpc) is 3.37. The first kappa shape index (κ1) is 29.7. The largest absolute Gasteiger partial charge is 0.497 e. The lowest BCUT2D eigenvalue weighted by Crippen LogP contribution is -2.30. The van der Waals surface area contributed by atoms with Gasteiger partial charge in [-0.2, -0.15) is 0 Å².